The largest absolute Gasteiger partial charge is 0.355 e. The summed E-state index contributed by atoms with van der Waals surface area (Å²) >= 11 is 0. The Morgan fingerprint density at radius 3 is 2.11 bits per heavy atom. The van der Waals surface area contributed by atoms with Crippen LogP contribution in [0.1, 0.15) is 34.6 Å². The molecule has 0 spiro atoms. The normalized spacial score (nSPS) is 13.2. The number of halogens is 1. The summed E-state index contributed by atoms with van der Waals surface area (Å²) in [6.45, 7) is 9.50. The lowest BCUT2D eigenvalue weighted by Crippen LogP contribution is -2.44. The summed E-state index contributed by atoms with van der Waals surface area (Å²) in [5.41, 5.74) is 0. The van der Waals surface area contributed by atoms with E-state index < -0.39 is 14.6 Å². The molecule has 0 bridgehead atoms. The summed E-state index contributed by atoms with van der Waals surface area (Å²) in [4.78, 5) is 4.01. The second-order valence-electron chi connectivity index (χ2n) is 5.23. The average molecular weight is 391 g/mol. The molecule has 110 valence electrons. The summed E-state index contributed by atoms with van der Waals surface area (Å²) in [5, 5.41) is 6.09. The molecular weight excluding hydrogens is 365 g/mol. The number of guanidine groups is 1. The highest BCUT2D eigenvalue weighted by molar-refractivity contribution is 14.0. The van der Waals surface area contributed by atoms with Crippen LogP contribution in [0.15, 0.2) is 4.99 Å². The Kier molecular flexibility index (Phi) is 9.22. The molecule has 0 heterocycles. The minimum Gasteiger partial charge on any atom is -0.355 e. The smallest absolute Gasteiger partial charge is 0.191 e. The standard InChI is InChI=1S/C11H25N3O2S.HI/c1-9(2)14-10(12-6)13-7-8-17(15,16)11(3,4)5;/h9H,7-8H2,1-6H3,(H2,12,13,14);1H. The van der Waals surface area contributed by atoms with E-state index in [0.717, 1.165) is 0 Å². The first kappa shape index (κ1) is 20.3. The minimum absolute atomic E-state index is 0. The SMILES string of the molecule is CN=C(NCCS(=O)(=O)C(C)(C)C)NC(C)C.I. The van der Waals surface area contributed by atoms with Gasteiger partial charge in [-0.3, -0.25) is 4.99 Å². The van der Waals surface area contributed by atoms with Crippen molar-refractivity contribution in [2.45, 2.75) is 45.4 Å². The lowest BCUT2D eigenvalue weighted by Gasteiger charge is -2.20. The number of rotatable bonds is 4. The van der Waals surface area contributed by atoms with Gasteiger partial charge in [-0.15, -0.1) is 24.0 Å². The molecule has 0 unspecified atom stereocenters. The summed E-state index contributed by atoms with van der Waals surface area (Å²) in [6, 6.07) is 0.264. The number of nitrogens with zero attached hydrogens (tertiary/aromatic N) is 1. The highest BCUT2D eigenvalue weighted by Gasteiger charge is 2.28. The number of sulfone groups is 1. The van der Waals surface area contributed by atoms with Crippen molar-refractivity contribution in [3.8, 4) is 0 Å². The van der Waals surface area contributed by atoms with Gasteiger partial charge >= 0.3 is 0 Å². The fourth-order valence-electron chi connectivity index (χ4n) is 1.08. The van der Waals surface area contributed by atoms with E-state index in [2.05, 4.69) is 15.6 Å². The van der Waals surface area contributed by atoms with Crippen molar-refractivity contribution >= 4 is 39.8 Å². The van der Waals surface area contributed by atoms with Gasteiger partial charge in [0.25, 0.3) is 0 Å². The van der Waals surface area contributed by atoms with E-state index in [0.29, 0.717) is 12.5 Å². The van der Waals surface area contributed by atoms with Crippen molar-refractivity contribution in [2.24, 2.45) is 4.99 Å². The number of nitrogens with one attached hydrogen (secondary N) is 2. The zero-order valence-corrected chi connectivity index (χ0v) is 15.2. The monoisotopic (exact) mass is 391 g/mol. The summed E-state index contributed by atoms with van der Waals surface area (Å²) in [7, 11) is -1.41. The van der Waals surface area contributed by atoms with Crippen molar-refractivity contribution in [2.75, 3.05) is 19.3 Å². The maximum absolute atomic E-state index is 11.8. The Morgan fingerprint density at radius 2 is 1.78 bits per heavy atom. The van der Waals surface area contributed by atoms with Crippen LogP contribution in [-0.4, -0.2) is 44.5 Å². The van der Waals surface area contributed by atoms with Crippen molar-refractivity contribution in [3.63, 3.8) is 0 Å². The van der Waals surface area contributed by atoms with Crippen molar-refractivity contribution in [3.05, 3.63) is 0 Å². The van der Waals surface area contributed by atoms with Crippen molar-refractivity contribution in [1.29, 1.82) is 0 Å². The van der Waals surface area contributed by atoms with Gasteiger partial charge in [0.2, 0.25) is 0 Å². The quantitative estimate of drug-likeness (QED) is 0.432. The van der Waals surface area contributed by atoms with Gasteiger partial charge in [-0.1, -0.05) is 0 Å². The van der Waals surface area contributed by atoms with Crippen molar-refractivity contribution in [1.82, 2.24) is 10.6 Å². The van der Waals surface area contributed by atoms with Crippen LogP contribution in [0, 0.1) is 0 Å². The van der Waals surface area contributed by atoms with E-state index in [1.54, 1.807) is 27.8 Å². The number of hydrogen-bond acceptors (Lipinski definition) is 3. The van der Waals surface area contributed by atoms with E-state index in [9.17, 15) is 8.42 Å². The zero-order valence-electron chi connectivity index (χ0n) is 12.1. The van der Waals surface area contributed by atoms with Crippen LogP contribution in [0.3, 0.4) is 0 Å². The number of aliphatic imine (C=N–C) groups is 1. The lowest BCUT2D eigenvalue weighted by molar-refractivity contribution is 0.558. The maximum atomic E-state index is 11.8. The minimum atomic E-state index is -3.08. The fraction of sp³-hybridized carbons (Fsp3) is 0.909. The molecule has 0 amide bonds. The molecule has 0 aromatic carbocycles. The third kappa shape index (κ3) is 7.40. The molecule has 18 heavy (non-hydrogen) atoms. The van der Waals surface area contributed by atoms with Gasteiger partial charge in [-0.05, 0) is 34.6 Å². The van der Waals surface area contributed by atoms with Gasteiger partial charge in [0.1, 0.15) is 0 Å². The van der Waals surface area contributed by atoms with Crippen LogP contribution >= 0.6 is 24.0 Å². The molecule has 0 saturated carbocycles. The van der Waals surface area contributed by atoms with Crippen LogP contribution in [0.25, 0.3) is 0 Å². The molecule has 0 aliphatic rings. The Morgan fingerprint density at radius 1 is 1.28 bits per heavy atom. The molecule has 0 radical (unpaired) electrons. The van der Waals surface area contributed by atoms with Crippen LogP contribution in [-0.2, 0) is 9.84 Å². The second-order valence-corrected chi connectivity index (χ2v) is 8.09. The number of hydrogen-bond donors (Lipinski definition) is 2. The Labute approximate surface area is 128 Å². The van der Waals surface area contributed by atoms with Crippen LogP contribution < -0.4 is 10.6 Å². The second kappa shape index (κ2) is 8.19. The lowest BCUT2D eigenvalue weighted by atomic mass is 10.3. The van der Waals surface area contributed by atoms with E-state index in [1.165, 1.54) is 0 Å². The van der Waals surface area contributed by atoms with E-state index in [4.69, 9.17) is 0 Å². The molecule has 0 aliphatic heterocycles. The predicted molar refractivity (Wildman–Crippen MR) is 88.6 cm³/mol. The zero-order chi connectivity index (χ0) is 13.7. The van der Waals surface area contributed by atoms with Gasteiger partial charge in [-0.2, -0.15) is 0 Å². The van der Waals surface area contributed by atoms with Gasteiger partial charge in [0.15, 0.2) is 15.8 Å². The molecule has 5 nitrogen and oxygen atoms in total. The molecule has 0 rings (SSSR count). The molecule has 0 saturated heterocycles. The Bertz CT molecular complexity index is 359. The third-order valence-corrected chi connectivity index (χ3v) is 4.85. The van der Waals surface area contributed by atoms with Gasteiger partial charge in [0.05, 0.1) is 10.5 Å². The summed E-state index contributed by atoms with van der Waals surface area (Å²) < 4.78 is 23.0. The average Bonchev–Trinajstić information content (AvgIpc) is 2.13. The van der Waals surface area contributed by atoms with Crippen LogP contribution in [0.2, 0.25) is 0 Å². The molecule has 0 fully saturated rings. The molecule has 0 aliphatic carbocycles. The molecule has 0 aromatic heterocycles. The highest BCUT2D eigenvalue weighted by atomic mass is 127. The van der Waals surface area contributed by atoms with E-state index >= 15 is 0 Å². The van der Waals surface area contributed by atoms with Crippen molar-refractivity contribution < 1.29 is 8.42 Å². The van der Waals surface area contributed by atoms with Crippen LogP contribution in [0.5, 0.6) is 0 Å². The van der Waals surface area contributed by atoms with Gasteiger partial charge in [-0.25, -0.2) is 8.42 Å². The summed E-state index contributed by atoms with van der Waals surface area (Å²) in [6.07, 6.45) is 0. The van der Waals surface area contributed by atoms with Gasteiger partial charge < -0.3 is 10.6 Å². The predicted octanol–water partition coefficient (Wildman–Crippen LogP) is 1.39. The van der Waals surface area contributed by atoms with E-state index in [1.807, 2.05) is 13.8 Å². The maximum Gasteiger partial charge on any atom is 0.191 e. The molecule has 2 N–H and O–H groups in total. The molecule has 0 atom stereocenters. The van der Waals surface area contributed by atoms with E-state index in [-0.39, 0.29) is 35.8 Å². The first-order valence-electron chi connectivity index (χ1n) is 5.79. The first-order chi connectivity index (χ1) is 7.60. The summed E-state index contributed by atoms with van der Waals surface area (Å²) in [5.74, 6) is 0.735. The molecule has 0 aromatic rings. The molecular formula is C11H26IN3O2S. The topological polar surface area (TPSA) is 70.6 Å². The first-order valence-corrected chi connectivity index (χ1v) is 7.45. The Hall–Kier alpha value is -0.0500. The third-order valence-electron chi connectivity index (χ3n) is 2.25. The Balaban J connectivity index is 0. The van der Waals surface area contributed by atoms with Gasteiger partial charge in [0, 0.05) is 19.6 Å². The highest BCUT2D eigenvalue weighted by Crippen LogP contribution is 2.15. The molecule has 7 heteroatoms. The fourth-order valence-corrected chi connectivity index (χ4v) is 2.06. The van der Waals surface area contributed by atoms with Crippen LogP contribution in [0.4, 0.5) is 0 Å².